The van der Waals surface area contributed by atoms with Crippen molar-refractivity contribution in [2.45, 2.75) is 6.92 Å². The zero-order chi connectivity index (χ0) is 18.7. The van der Waals surface area contributed by atoms with E-state index in [0.29, 0.717) is 16.4 Å². The molecule has 1 aliphatic heterocycles. The predicted octanol–water partition coefficient (Wildman–Crippen LogP) is 4.42. The molecule has 2 N–H and O–H groups in total. The highest BCUT2D eigenvalue weighted by molar-refractivity contribution is 6.31. The maximum absolute atomic E-state index is 14.5. The van der Waals surface area contributed by atoms with Gasteiger partial charge in [0.05, 0.1) is 11.3 Å². The number of piperazine rings is 1. The van der Waals surface area contributed by atoms with Crippen LogP contribution in [0.15, 0.2) is 36.4 Å². The average molecular weight is 451 g/mol. The Morgan fingerprint density at radius 2 is 1.82 bits per heavy atom. The molecule has 2 aromatic carbocycles. The van der Waals surface area contributed by atoms with Crippen LogP contribution in [0.2, 0.25) is 5.02 Å². The van der Waals surface area contributed by atoms with Crippen LogP contribution in [0.3, 0.4) is 0 Å². The quantitative estimate of drug-likeness (QED) is 0.724. The highest BCUT2D eigenvalue weighted by Crippen LogP contribution is 2.26. The van der Waals surface area contributed by atoms with Crippen LogP contribution in [-0.2, 0) is 0 Å². The number of likely N-dealkylation sites (N-methyl/N-ethyl adjacent to an activating group) is 1. The number of benzene rings is 2. The van der Waals surface area contributed by atoms with Crippen molar-refractivity contribution in [3.05, 3.63) is 52.8 Å². The molecule has 1 fully saturated rings. The van der Waals surface area contributed by atoms with E-state index in [-0.39, 0.29) is 41.9 Å². The lowest BCUT2D eigenvalue weighted by Gasteiger charge is -2.35. The van der Waals surface area contributed by atoms with E-state index in [9.17, 15) is 14.3 Å². The second-order valence-corrected chi connectivity index (χ2v) is 6.64. The van der Waals surface area contributed by atoms with E-state index in [1.807, 2.05) is 4.90 Å². The Morgan fingerprint density at radius 1 is 1.14 bits per heavy atom. The van der Waals surface area contributed by atoms with E-state index < -0.39 is 5.91 Å². The second kappa shape index (κ2) is 10.7. The van der Waals surface area contributed by atoms with Crippen LogP contribution in [0.4, 0.5) is 15.8 Å². The molecule has 0 bridgehead atoms. The number of rotatable bonds is 4. The molecule has 0 saturated carbocycles. The van der Waals surface area contributed by atoms with Gasteiger partial charge in [-0.3, -0.25) is 4.79 Å². The van der Waals surface area contributed by atoms with Crippen LogP contribution in [0.25, 0.3) is 0 Å². The van der Waals surface area contributed by atoms with Crippen molar-refractivity contribution in [3.63, 3.8) is 0 Å². The van der Waals surface area contributed by atoms with Gasteiger partial charge in [-0.15, -0.1) is 24.8 Å². The molecule has 28 heavy (non-hydrogen) atoms. The van der Waals surface area contributed by atoms with Crippen molar-refractivity contribution in [1.82, 2.24) is 4.90 Å². The number of hydrogen-bond acceptors (Lipinski definition) is 4. The molecule has 1 heterocycles. The van der Waals surface area contributed by atoms with Crippen molar-refractivity contribution in [3.8, 4) is 5.75 Å². The number of nitrogens with one attached hydrogen (secondary N) is 1. The molecule has 2 aromatic rings. The standard InChI is InChI=1S/C19H21ClFN3O2.2ClH/c1-2-23-7-9-24(10-8-23)17-5-4-14(12-16(17)21)22-19(26)15-11-13(20)3-6-18(15)25;;/h3-6,11-12,25H,2,7-10H2,1H3,(H,22,26);2*1H. The molecule has 0 aromatic heterocycles. The van der Waals surface area contributed by atoms with Gasteiger partial charge in [-0.05, 0) is 42.9 Å². The zero-order valence-corrected chi connectivity index (χ0v) is 17.7. The fourth-order valence-electron chi connectivity index (χ4n) is 3.03. The Kier molecular flexibility index (Phi) is 9.30. The second-order valence-electron chi connectivity index (χ2n) is 6.20. The summed E-state index contributed by atoms with van der Waals surface area (Å²) in [6.45, 7) is 6.47. The number of carbonyl (C=O) groups is 1. The predicted molar refractivity (Wildman–Crippen MR) is 116 cm³/mol. The summed E-state index contributed by atoms with van der Waals surface area (Å²) in [5.41, 5.74) is 0.893. The van der Waals surface area contributed by atoms with Crippen LogP contribution in [0.1, 0.15) is 17.3 Å². The van der Waals surface area contributed by atoms with Crippen molar-refractivity contribution in [2.75, 3.05) is 42.9 Å². The summed E-state index contributed by atoms with van der Waals surface area (Å²) in [5, 5.41) is 12.7. The van der Waals surface area contributed by atoms with Gasteiger partial charge >= 0.3 is 0 Å². The van der Waals surface area contributed by atoms with E-state index >= 15 is 0 Å². The third kappa shape index (κ3) is 5.64. The molecular formula is C19H23Cl3FN3O2. The molecule has 9 heteroatoms. The summed E-state index contributed by atoms with van der Waals surface area (Å²) in [4.78, 5) is 16.6. The molecule has 0 radical (unpaired) electrons. The highest BCUT2D eigenvalue weighted by atomic mass is 35.5. The van der Waals surface area contributed by atoms with Crippen LogP contribution in [0.5, 0.6) is 5.75 Å². The third-order valence-corrected chi connectivity index (χ3v) is 4.80. The Balaban J connectivity index is 0.00000196. The summed E-state index contributed by atoms with van der Waals surface area (Å²) in [7, 11) is 0. The maximum atomic E-state index is 14.5. The summed E-state index contributed by atoms with van der Waals surface area (Å²) in [6, 6.07) is 8.82. The first-order valence-corrected chi connectivity index (χ1v) is 8.92. The van der Waals surface area contributed by atoms with Gasteiger partial charge in [-0.25, -0.2) is 4.39 Å². The van der Waals surface area contributed by atoms with Crippen LogP contribution >= 0.6 is 36.4 Å². The van der Waals surface area contributed by atoms with Gasteiger partial charge in [0.25, 0.3) is 5.91 Å². The average Bonchev–Trinajstić information content (AvgIpc) is 2.64. The van der Waals surface area contributed by atoms with Crippen LogP contribution < -0.4 is 10.2 Å². The summed E-state index contributed by atoms with van der Waals surface area (Å²) >= 11 is 5.86. The van der Waals surface area contributed by atoms with Crippen molar-refractivity contribution in [1.29, 1.82) is 0 Å². The topological polar surface area (TPSA) is 55.8 Å². The van der Waals surface area contributed by atoms with E-state index in [1.54, 1.807) is 12.1 Å². The molecular weight excluding hydrogens is 428 g/mol. The number of nitrogens with zero attached hydrogens (tertiary/aromatic N) is 2. The van der Waals surface area contributed by atoms with Crippen molar-refractivity contribution >= 4 is 53.7 Å². The van der Waals surface area contributed by atoms with Crippen LogP contribution in [0, 0.1) is 5.82 Å². The van der Waals surface area contributed by atoms with Gasteiger partial charge in [0.2, 0.25) is 0 Å². The SMILES string of the molecule is CCN1CCN(c2ccc(NC(=O)c3cc(Cl)ccc3O)cc2F)CC1.Cl.Cl. The molecule has 0 aliphatic carbocycles. The number of phenolic OH excluding ortho intramolecular Hbond substituents is 1. The number of amides is 1. The third-order valence-electron chi connectivity index (χ3n) is 4.57. The fourth-order valence-corrected chi connectivity index (χ4v) is 3.21. The highest BCUT2D eigenvalue weighted by Gasteiger charge is 2.19. The lowest BCUT2D eigenvalue weighted by molar-refractivity contribution is 0.102. The Bertz CT molecular complexity index is 815. The Hall–Kier alpha value is -1.73. The number of phenols is 1. The maximum Gasteiger partial charge on any atom is 0.259 e. The molecule has 0 spiro atoms. The van der Waals surface area contributed by atoms with Gasteiger partial charge in [-0.1, -0.05) is 18.5 Å². The number of hydrogen-bond donors (Lipinski definition) is 2. The van der Waals surface area contributed by atoms with Crippen molar-refractivity contribution in [2.24, 2.45) is 0 Å². The minimum atomic E-state index is -0.547. The largest absolute Gasteiger partial charge is 0.507 e. The Morgan fingerprint density at radius 3 is 2.43 bits per heavy atom. The molecule has 3 rings (SSSR count). The lowest BCUT2D eigenvalue weighted by Crippen LogP contribution is -2.46. The molecule has 1 amide bonds. The van der Waals surface area contributed by atoms with Gasteiger partial charge in [-0.2, -0.15) is 0 Å². The van der Waals surface area contributed by atoms with E-state index in [1.165, 1.54) is 24.3 Å². The molecule has 0 unspecified atom stereocenters. The van der Waals surface area contributed by atoms with Gasteiger partial charge in [0.1, 0.15) is 11.6 Å². The van der Waals surface area contributed by atoms with E-state index in [4.69, 9.17) is 11.6 Å². The summed E-state index contributed by atoms with van der Waals surface area (Å²) in [5.74, 6) is -1.12. The Labute approximate surface area is 181 Å². The van der Waals surface area contributed by atoms with Gasteiger partial charge < -0.3 is 20.2 Å². The first-order valence-electron chi connectivity index (χ1n) is 8.54. The molecule has 1 saturated heterocycles. The monoisotopic (exact) mass is 449 g/mol. The summed E-state index contributed by atoms with van der Waals surface area (Å²) < 4.78 is 14.5. The van der Waals surface area contributed by atoms with Crippen LogP contribution in [-0.4, -0.2) is 48.6 Å². The first-order chi connectivity index (χ1) is 12.5. The van der Waals surface area contributed by atoms with Gasteiger partial charge in [0.15, 0.2) is 0 Å². The molecule has 1 aliphatic rings. The molecule has 154 valence electrons. The smallest absolute Gasteiger partial charge is 0.259 e. The minimum Gasteiger partial charge on any atom is -0.507 e. The lowest BCUT2D eigenvalue weighted by atomic mass is 10.1. The normalized spacial score (nSPS) is 14.0. The first kappa shape index (κ1) is 24.3. The number of halogens is 4. The zero-order valence-electron chi connectivity index (χ0n) is 15.3. The summed E-state index contributed by atoms with van der Waals surface area (Å²) in [6.07, 6.45) is 0. The number of aromatic hydroxyl groups is 1. The van der Waals surface area contributed by atoms with Gasteiger partial charge in [0, 0.05) is 36.9 Å². The minimum absolute atomic E-state index is 0. The molecule has 5 nitrogen and oxygen atoms in total. The van der Waals surface area contributed by atoms with Crippen molar-refractivity contribution < 1.29 is 14.3 Å². The fraction of sp³-hybridized carbons (Fsp3) is 0.316. The van der Waals surface area contributed by atoms with E-state index in [2.05, 4.69) is 17.1 Å². The number of carbonyl (C=O) groups excluding carboxylic acids is 1. The van der Waals surface area contributed by atoms with E-state index in [0.717, 1.165) is 32.7 Å². The molecule has 0 atom stereocenters. The number of anilines is 2.